The minimum Gasteiger partial charge on any atom is -0.328 e. The van der Waals surface area contributed by atoms with Gasteiger partial charge in [0.2, 0.25) is 0 Å². The van der Waals surface area contributed by atoms with Gasteiger partial charge in [0.1, 0.15) is 0 Å². The molecule has 0 radical (unpaired) electrons. The lowest BCUT2D eigenvalue weighted by atomic mass is 10.1. The van der Waals surface area contributed by atoms with Gasteiger partial charge in [-0.05, 0) is 89.9 Å². The van der Waals surface area contributed by atoms with E-state index < -0.39 is 0 Å². The lowest BCUT2D eigenvalue weighted by Gasteiger charge is -2.30. The van der Waals surface area contributed by atoms with E-state index in [9.17, 15) is 0 Å². The number of nitrogens with zero attached hydrogens (tertiary/aromatic N) is 1. The molecular formula is C38H72N+. The van der Waals surface area contributed by atoms with Crippen LogP contribution in [-0.4, -0.2) is 31.7 Å². The third-order valence-electron chi connectivity index (χ3n) is 7.93. The molecule has 0 aromatic carbocycles. The molecule has 0 fully saturated rings. The third-order valence-corrected chi connectivity index (χ3v) is 7.93. The molecule has 0 bridgehead atoms. The molecule has 1 heteroatoms. The van der Waals surface area contributed by atoms with E-state index in [2.05, 4.69) is 76.6 Å². The molecule has 0 rings (SSSR count). The van der Waals surface area contributed by atoms with Gasteiger partial charge in [0, 0.05) is 0 Å². The molecule has 0 aliphatic heterocycles. The highest BCUT2D eigenvalue weighted by molar-refractivity contribution is 4.93. The summed E-state index contributed by atoms with van der Waals surface area (Å²) in [7, 11) is 4.89. The van der Waals surface area contributed by atoms with Crippen molar-refractivity contribution in [2.24, 2.45) is 0 Å². The van der Waals surface area contributed by atoms with Crippen molar-refractivity contribution in [3.8, 4) is 0 Å². The van der Waals surface area contributed by atoms with E-state index >= 15 is 0 Å². The first kappa shape index (κ1) is 37.9. The zero-order valence-electron chi connectivity index (χ0n) is 27.5. The summed E-state index contributed by atoms with van der Waals surface area (Å²) in [6.07, 6.45) is 51.1. The highest BCUT2D eigenvalue weighted by Crippen LogP contribution is 2.13. The van der Waals surface area contributed by atoms with E-state index in [0.29, 0.717) is 0 Å². The second-order valence-electron chi connectivity index (χ2n) is 12.6. The zero-order valence-corrected chi connectivity index (χ0v) is 27.5. The van der Waals surface area contributed by atoms with Crippen molar-refractivity contribution in [1.29, 1.82) is 0 Å². The van der Waals surface area contributed by atoms with E-state index in [4.69, 9.17) is 0 Å². The molecular weight excluding hydrogens is 470 g/mol. The molecule has 0 spiro atoms. The Balaban J connectivity index is 3.42. The molecule has 0 aromatic rings. The molecule has 0 saturated heterocycles. The van der Waals surface area contributed by atoms with Crippen LogP contribution in [0.15, 0.2) is 48.6 Å². The number of hydrogen-bond acceptors (Lipinski definition) is 0. The molecule has 0 unspecified atom stereocenters. The SMILES string of the molecule is CCCCC/C=C\C/C=C\CCCCCCCC[N+](C)(C)CCCCCCCC/C=C\C/C=C\CCCCC. The van der Waals surface area contributed by atoms with Crippen molar-refractivity contribution in [2.45, 2.75) is 168 Å². The lowest BCUT2D eigenvalue weighted by molar-refractivity contribution is -0.890. The van der Waals surface area contributed by atoms with Gasteiger partial charge in [-0.3, -0.25) is 0 Å². The molecule has 1 nitrogen and oxygen atoms in total. The molecule has 39 heavy (non-hydrogen) atoms. The molecule has 0 N–H and O–H groups in total. The number of quaternary nitrogens is 1. The Hall–Kier alpha value is -1.08. The third kappa shape index (κ3) is 33.0. The quantitative estimate of drug-likeness (QED) is 0.0481. The summed E-state index contributed by atoms with van der Waals surface area (Å²) < 4.78 is 1.22. The van der Waals surface area contributed by atoms with Crippen molar-refractivity contribution >= 4 is 0 Å². The minimum atomic E-state index is 1.12. The van der Waals surface area contributed by atoms with Crippen molar-refractivity contribution in [2.75, 3.05) is 27.2 Å². The van der Waals surface area contributed by atoms with Crippen LogP contribution in [0.25, 0.3) is 0 Å². The van der Waals surface area contributed by atoms with E-state index in [1.54, 1.807) is 0 Å². The molecule has 0 aromatic heterocycles. The second kappa shape index (κ2) is 31.4. The van der Waals surface area contributed by atoms with Crippen molar-refractivity contribution in [3.05, 3.63) is 48.6 Å². The highest BCUT2D eigenvalue weighted by Gasteiger charge is 2.13. The maximum atomic E-state index is 2.44. The van der Waals surface area contributed by atoms with Gasteiger partial charge < -0.3 is 4.48 Å². The average Bonchev–Trinajstić information content (AvgIpc) is 2.92. The van der Waals surface area contributed by atoms with Gasteiger partial charge in [-0.15, -0.1) is 0 Å². The molecule has 0 aliphatic carbocycles. The molecule has 0 heterocycles. The summed E-state index contributed by atoms with van der Waals surface area (Å²) in [4.78, 5) is 0. The number of hydrogen-bond donors (Lipinski definition) is 0. The first-order valence-electron chi connectivity index (χ1n) is 17.5. The van der Waals surface area contributed by atoms with Crippen LogP contribution >= 0.6 is 0 Å². The summed E-state index contributed by atoms with van der Waals surface area (Å²) in [6, 6.07) is 0. The van der Waals surface area contributed by atoms with Crippen LogP contribution in [0.5, 0.6) is 0 Å². The lowest BCUT2D eigenvalue weighted by Crippen LogP contribution is -2.41. The van der Waals surface area contributed by atoms with Gasteiger partial charge >= 0.3 is 0 Å². The largest absolute Gasteiger partial charge is 0.328 e. The molecule has 228 valence electrons. The van der Waals surface area contributed by atoms with Gasteiger partial charge in [0.15, 0.2) is 0 Å². The van der Waals surface area contributed by atoms with E-state index in [0.717, 1.165) is 12.8 Å². The Bertz CT molecular complexity index is 530. The van der Waals surface area contributed by atoms with Crippen molar-refractivity contribution < 1.29 is 4.48 Å². The smallest absolute Gasteiger partial charge is 0.0782 e. The molecule has 0 saturated carbocycles. The first-order chi connectivity index (χ1) is 19.1. The van der Waals surface area contributed by atoms with Gasteiger partial charge in [-0.2, -0.15) is 0 Å². The maximum absolute atomic E-state index is 2.44. The molecule has 0 aliphatic rings. The van der Waals surface area contributed by atoms with Gasteiger partial charge in [0.25, 0.3) is 0 Å². The Labute approximate surface area is 247 Å². The second-order valence-corrected chi connectivity index (χ2v) is 12.6. The van der Waals surface area contributed by atoms with Crippen molar-refractivity contribution in [3.63, 3.8) is 0 Å². The van der Waals surface area contributed by atoms with Gasteiger partial charge in [-0.25, -0.2) is 0 Å². The van der Waals surface area contributed by atoms with Crippen LogP contribution in [0, 0.1) is 0 Å². The summed E-state index contributed by atoms with van der Waals surface area (Å²) >= 11 is 0. The standard InChI is InChI=1S/C38H72N/c1-5-7-9-11-13-15-17-19-21-23-25-27-29-31-33-35-37-39(3,4)38-36-34-32-30-28-26-24-22-20-18-16-14-12-10-8-6-2/h13-16,19-22H,5-12,17-18,23-38H2,1-4H3/q+1/b15-13-,16-14-,21-19-,22-20-. The monoisotopic (exact) mass is 543 g/mol. The predicted octanol–water partition coefficient (Wildman–Crippen LogP) is 12.7. The topological polar surface area (TPSA) is 0 Å². The normalized spacial score (nSPS) is 12.8. The average molecular weight is 543 g/mol. The van der Waals surface area contributed by atoms with Crippen LogP contribution < -0.4 is 0 Å². The molecule has 0 amide bonds. The Morgan fingerprint density at radius 3 is 0.949 bits per heavy atom. The van der Waals surface area contributed by atoms with E-state index in [1.165, 1.54) is 159 Å². The van der Waals surface area contributed by atoms with Crippen LogP contribution in [0.1, 0.15) is 168 Å². The van der Waals surface area contributed by atoms with Gasteiger partial charge in [0.05, 0.1) is 27.2 Å². The van der Waals surface area contributed by atoms with Gasteiger partial charge in [-0.1, -0.05) is 127 Å². The Kier molecular flexibility index (Phi) is 30.6. The number of rotatable bonds is 30. The Morgan fingerprint density at radius 1 is 0.333 bits per heavy atom. The zero-order chi connectivity index (χ0) is 28.5. The number of unbranched alkanes of at least 4 members (excludes halogenated alkanes) is 18. The minimum absolute atomic E-state index is 1.12. The highest BCUT2D eigenvalue weighted by atomic mass is 15.3. The van der Waals surface area contributed by atoms with Crippen LogP contribution in [-0.2, 0) is 0 Å². The predicted molar refractivity (Wildman–Crippen MR) is 181 cm³/mol. The number of allylic oxidation sites excluding steroid dienone is 8. The van der Waals surface area contributed by atoms with E-state index in [1.807, 2.05) is 0 Å². The van der Waals surface area contributed by atoms with E-state index in [-0.39, 0.29) is 0 Å². The summed E-state index contributed by atoms with van der Waals surface area (Å²) in [5.74, 6) is 0. The maximum Gasteiger partial charge on any atom is 0.0782 e. The summed E-state index contributed by atoms with van der Waals surface area (Å²) in [5, 5.41) is 0. The van der Waals surface area contributed by atoms with Crippen LogP contribution in [0.4, 0.5) is 0 Å². The Morgan fingerprint density at radius 2 is 0.615 bits per heavy atom. The summed E-state index contributed by atoms with van der Waals surface area (Å²) in [6.45, 7) is 7.25. The summed E-state index contributed by atoms with van der Waals surface area (Å²) in [5.41, 5.74) is 0. The van der Waals surface area contributed by atoms with Crippen LogP contribution in [0.2, 0.25) is 0 Å². The fraction of sp³-hybridized carbons (Fsp3) is 0.789. The van der Waals surface area contributed by atoms with Crippen LogP contribution in [0.3, 0.4) is 0 Å². The fourth-order valence-corrected chi connectivity index (χ4v) is 5.17. The first-order valence-corrected chi connectivity index (χ1v) is 17.5. The van der Waals surface area contributed by atoms with Crippen molar-refractivity contribution in [1.82, 2.24) is 0 Å². The molecule has 0 atom stereocenters. The fourth-order valence-electron chi connectivity index (χ4n) is 5.17.